The van der Waals surface area contributed by atoms with Crippen molar-refractivity contribution in [1.29, 1.82) is 0 Å². The van der Waals surface area contributed by atoms with E-state index in [1.807, 2.05) is 42.5 Å². The summed E-state index contributed by atoms with van der Waals surface area (Å²) < 4.78 is 0. The zero-order valence-corrected chi connectivity index (χ0v) is 17.4. The quantitative estimate of drug-likeness (QED) is 0.501. The number of hydrogen-bond donors (Lipinski definition) is 0. The Bertz CT molecular complexity index is 921. The first-order valence-electron chi connectivity index (χ1n) is 10.8. The predicted octanol–water partition coefficient (Wildman–Crippen LogP) is 4.98. The zero-order chi connectivity index (χ0) is 20.6. The molecule has 30 heavy (non-hydrogen) atoms. The number of hydrogen-bond acceptors (Lipinski definition) is 3. The van der Waals surface area contributed by atoms with Gasteiger partial charge in [-0.25, -0.2) is 0 Å². The largest absolute Gasteiger partial charge is 0.313 e. The van der Waals surface area contributed by atoms with E-state index in [-0.39, 0.29) is 0 Å². The molecule has 1 fully saturated rings. The van der Waals surface area contributed by atoms with Crippen molar-refractivity contribution in [2.45, 2.75) is 25.2 Å². The molecule has 2 aromatic carbocycles. The molecule has 1 aliphatic heterocycles. The summed E-state index contributed by atoms with van der Waals surface area (Å²) in [6.45, 7) is 3.98. The molecule has 1 aromatic heterocycles. The van der Waals surface area contributed by atoms with Crippen LogP contribution in [0.15, 0.2) is 79.0 Å². The standard InChI is InChI=1S/C26H29N3O/c30-21-29(25-13-7-16-27-26(25)24-11-5-2-6-12-24)18-8-17-28-19-14-23(15-20-28)22-9-3-1-4-10-22/h1-7,9-13,16,21,23H,8,14-15,17-20H2. The first-order valence-corrected chi connectivity index (χ1v) is 10.8. The summed E-state index contributed by atoms with van der Waals surface area (Å²) >= 11 is 0. The van der Waals surface area contributed by atoms with E-state index in [9.17, 15) is 4.79 Å². The Morgan fingerprint density at radius 3 is 2.33 bits per heavy atom. The minimum absolute atomic E-state index is 0.678. The highest BCUT2D eigenvalue weighted by Gasteiger charge is 2.20. The van der Waals surface area contributed by atoms with Gasteiger partial charge in [0.25, 0.3) is 0 Å². The third-order valence-electron chi connectivity index (χ3n) is 6.00. The van der Waals surface area contributed by atoms with Crippen LogP contribution in [0, 0.1) is 0 Å². The van der Waals surface area contributed by atoms with Crippen molar-refractivity contribution >= 4 is 12.1 Å². The highest BCUT2D eigenvalue weighted by molar-refractivity contribution is 5.84. The molecule has 2 heterocycles. The molecule has 0 radical (unpaired) electrons. The van der Waals surface area contributed by atoms with Gasteiger partial charge in [-0.3, -0.25) is 9.78 Å². The fourth-order valence-electron chi connectivity index (χ4n) is 4.36. The maximum atomic E-state index is 11.9. The molecule has 0 spiro atoms. The fraction of sp³-hybridized carbons (Fsp3) is 0.308. The molecule has 154 valence electrons. The van der Waals surface area contributed by atoms with Crippen molar-refractivity contribution in [3.05, 3.63) is 84.6 Å². The average Bonchev–Trinajstić information content (AvgIpc) is 2.83. The van der Waals surface area contributed by atoms with Gasteiger partial charge >= 0.3 is 0 Å². The second kappa shape index (κ2) is 10.2. The van der Waals surface area contributed by atoms with Crippen LogP contribution in [-0.4, -0.2) is 42.5 Å². The van der Waals surface area contributed by atoms with Gasteiger partial charge < -0.3 is 9.80 Å². The number of carbonyl (C=O) groups excluding carboxylic acids is 1. The number of nitrogens with zero attached hydrogens (tertiary/aromatic N) is 3. The molecule has 0 atom stereocenters. The maximum absolute atomic E-state index is 11.9. The summed E-state index contributed by atoms with van der Waals surface area (Å²) in [6.07, 6.45) is 6.10. The first kappa shape index (κ1) is 20.3. The second-order valence-corrected chi connectivity index (χ2v) is 7.92. The third-order valence-corrected chi connectivity index (χ3v) is 6.00. The van der Waals surface area contributed by atoms with Gasteiger partial charge in [-0.05, 0) is 62.5 Å². The Morgan fingerprint density at radius 1 is 0.933 bits per heavy atom. The Labute approximate surface area is 179 Å². The summed E-state index contributed by atoms with van der Waals surface area (Å²) in [4.78, 5) is 20.7. The topological polar surface area (TPSA) is 36.4 Å². The maximum Gasteiger partial charge on any atom is 0.214 e. The van der Waals surface area contributed by atoms with E-state index in [1.54, 1.807) is 11.1 Å². The van der Waals surface area contributed by atoms with Crippen molar-refractivity contribution in [2.75, 3.05) is 31.1 Å². The molecule has 3 aromatic rings. The number of piperidine rings is 1. The van der Waals surface area contributed by atoms with Gasteiger partial charge in [-0.2, -0.15) is 0 Å². The van der Waals surface area contributed by atoms with Crippen molar-refractivity contribution in [1.82, 2.24) is 9.88 Å². The van der Waals surface area contributed by atoms with E-state index < -0.39 is 0 Å². The lowest BCUT2D eigenvalue weighted by Crippen LogP contribution is -2.35. The Morgan fingerprint density at radius 2 is 1.63 bits per heavy atom. The molecule has 4 nitrogen and oxygen atoms in total. The molecule has 0 saturated carbocycles. The van der Waals surface area contributed by atoms with E-state index in [1.165, 1.54) is 18.4 Å². The van der Waals surface area contributed by atoms with Crippen LogP contribution in [0.3, 0.4) is 0 Å². The molecule has 0 aliphatic carbocycles. The van der Waals surface area contributed by atoms with Crippen LogP contribution in [0.5, 0.6) is 0 Å². The number of rotatable bonds is 8. The van der Waals surface area contributed by atoms with E-state index >= 15 is 0 Å². The number of pyridine rings is 1. The minimum atomic E-state index is 0.678. The molecular weight excluding hydrogens is 370 g/mol. The number of carbonyl (C=O) groups is 1. The van der Waals surface area contributed by atoms with Gasteiger partial charge in [-0.15, -0.1) is 0 Å². The van der Waals surface area contributed by atoms with Crippen LogP contribution >= 0.6 is 0 Å². The van der Waals surface area contributed by atoms with Gasteiger partial charge in [0, 0.05) is 18.3 Å². The molecule has 4 rings (SSSR count). The van der Waals surface area contributed by atoms with Crippen LogP contribution in [0.2, 0.25) is 0 Å². The minimum Gasteiger partial charge on any atom is -0.313 e. The van der Waals surface area contributed by atoms with Crippen LogP contribution in [0.4, 0.5) is 5.69 Å². The molecule has 4 heteroatoms. The van der Waals surface area contributed by atoms with E-state index in [4.69, 9.17) is 0 Å². The fourth-order valence-corrected chi connectivity index (χ4v) is 4.36. The smallest absolute Gasteiger partial charge is 0.214 e. The number of benzene rings is 2. The van der Waals surface area contributed by atoms with Gasteiger partial charge in [0.15, 0.2) is 0 Å². The molecule has 1 aliphatic rings. The Hall–Kier alpha value is -2.98. The lowest BCUT2D eigenvalue weighted by molar-refractivity contribution is -0.107. The van der Waals surface area contributed by atoms with Crippen LogP contribution in [-0.2, 0) is 4.79 Å². The number of anilines is 1. The van der Waals surface area contributed by atoms with Crippen molar-refractivity contribution in [3.63, 3.8) is 0 Å². The highest BCUT2D eigenvalue weighted by atomic mass is 16.1. The number of amides is 1. The normalized spacial score (nSPS) is 15.1. The summed E-state index contributed by atoms with van der Waals surface area (Å²) in [5.74, 6) is 0.678. The van der Waals surface area contributed by atoms with Crippen LogP contribution in [0.25, 0.3) is 11.3 Å². The average molecular weight is 400 g/mol. The number of likely N-dealkylation sites (tertiary alicyclic amines) is 1. The van der Waals surface area contributed by atoms with Crippen molar-refractivity contribution in [2.24, 2.45) is 0 Å². The molecule has 0 bridgehead atoms. The van der Waals surface area contributed by atoms with E-state index in [0.29, 0.717) is 12.5 Å². The first-order chi connectivity index (χ1) is 14.8. The van der Waals surface area contributed by atoms with E-state index in [0.717, 1.165) is 49.4 Å². The van der Waals surface area contributed by atoms with E-state index in [2.05, 4.69) is 40.2 Å². The monoisotopic (exact) mass is 399 g/mol. The zero-order valence-electron chi connectivity index (χ0n) is 17.4. The van der Waals surface area contributed by atoms with Gasteiger partial charge in [0.1, 0.15) is 0 Å². The van der Waals surface area contributed by atoms with Crippen molar-refractivity contribution in [3.8, 4) is 11.3 Å². The summed E-state index contributed by atoms with van der Waals surface area (Å²) in [7, 11) is 0. The van der Waals surface area contributed by atoms with Gasteiger partial charge in [-0.1, -0.05) is 60.7 Å². The Kier molecular flexibility index (Phi) is 6.88. The van der Waals surface area contributed by atoms with Crippen LogP contribution in [0.1, 0.15) is 30.7 Å². The summed E-state index contributed by atoms with van der Waals surface area (Å²) in [5.41, 5.74) is 4.23. The molecule has 0 N–H and O–H groups in total. The second-order valence-electron chi connectivity index (χ2n) is 7.92. The molecule has 1 amide bonds. The van der Waals surface area contributed by atoms with Gasteiger partial charge in [0.05, 0.1) is 11.4 Å². The predicted molar refractivity (Wildman–Crippen MR) is 123 cm³/mol. The summed E-state index contributed by atoms with van der Waals surface area (Å²) in [6, 6.07) is 24.8. The van der Waals surface area contributed by atoms with Gasteiger partial charge in [0.2, 0.25) is 6.41 Å². The van der Waals surface area contributed by atoms with Crippen molar-refractivity contribution < 1.29 is 4.79 Å². The highest BCUT2D eigenvalue weighted by Crippen LogP contribution is 2.29. The molecular formula is C26H29N3O. The summed E-state index contributed by atoms with van der Waals surface area (Å²) in [5, 5.41) is 0. The lowest BCUT2D eigenvalue weighted by atomic mass is 9.89. The number of aromatic nitrogens is 1. The SMILES string of the molecule is O=CN(CCCN1CCC(c2ccccc2)CC1)c1cccnc1-c1ccccc1. The molecule has 0 unspecified atom stereocenters. The third kappa shape index (κ3) is 4.95. The lowest BCUT2D eigenvalue weighted by Gasteiger charge is -2.32. The Balaban J connectivity index is 1.32. The molecule has 1 saturated heterocycles. The van der Waals surface area contributed by atoms with Crippen LogP contribution < -0.4 is 4.90 Å².